The van der Waals surface area contributed by atoms with Crippen molar-refractivity contribution in [1.82, 2.24) is 29.6 Å². The molecule has 0 radical (unpaired) electrons. The molecule has 7 heteroatoms. The van der Waals surface area contributed by atoms with E-state index in [1.807, 2.05) is 24.6 Å². The van der Waals surface area contributed by atoms with Crippen molar-refractivity contribution in [1.29, 1.82) is 0 Å². The third kappa shape index (κ3) is 4.56. The van der Waals surface area contributed by atoms with Gasteiger partial charge < -0.3 is 5.32 Å². The molecule has 2 aromatic heterocycles. The molecule has 7 nitrogen and oxygen atoms in total. The molecule has 0 aliphatic carbocycles. The molecule has 160 valence electrons. The molecule has 0 saturated carbocycles. The van der Waals surface area contributed by atoms with Crippen LogP contribution in [0, 0.1) is 13.8 Å². The Morgan fingerprint density at radius 3 is 2.65 bits per heavy atom. The highest BCUT2D eigenvalue weighted by atomic mass is 15.4. The van der Waals surface area contributed by atoms with Gasteiger partial charge in [-0.1, -0.05) is 31.5 Å². The van der Waals surface area contributed by atoms with Gasteiger partial charge in [-0.2, -0.15) is 5.10 Å². The Labute approximate surface area is 183 Å². The summed E-state index contributed by atoms with van der Waals surface area (Å²) in [7, 11) is 0. The fourth-order valence-corrected chi connectivity index (χ4v) is 3.85. The van der Waals surface area contributed by atoms with E-state index in [0.717, 1.165) is 54.4 Å². The van der Waals surface area contributed by atoms with Gasteiger partial charge in [0.1, 0.15) is 24.3 Å². The molecule has 0 unspecified atom stereocenters. The second-order valence-corrected chi connectivity index (χ2v) is 7.62. The zero-order valence-corrected chi connectivity index (χ0v) is 18.6. The van der Waals surface area contributed by atoms with Gasteiger partial charge in [-0.05, 0) is 49.2 Å². The number of hydrogen-bond donors (Lipinski definition) is 1. The van der Waals surface area contributed by atoms with E-state index in [9.17, 15) is 0 Å². The fourth-order valence-electron chi connectivity index (χ4n) is 3.85. The van der Waals surface area contributed by atoms with Gasteiger partial charge in [0, 0.05) is 24.2 Å². The van der Waals surface area contributed by atoms with Crippen molar-refractivity contribution >= 4 is 22.4 Å². The number of aryl methyl sites for hydroxylation is 2. The average Bonchev–Trinajstić information content (AvgIpc) is 3.25. The molecule has 0 amide bonds. The Balaban J connectivity index is 0.00000112. The van der Waals surface area contributed by atoms with Crippen LogP contribution in [0.25, 0.3) is 10.9 Å². The molecule has 1 aliphatic heterocycles. The number of benzene rings is 2. The van der Waals surface area contributed by atoms with E-state index < -0.39 is 0 Å². The van der Waals surface area contributed by atoms with Gasteiger partial charge in [0.2, 0.25) is 0 Å². The van der Waals surface area contributed by atoms with Crippen LogP contribution in [0.15, 0.2) is 49.1 Å². The predicted octanol–water partition coefficient (Wildman–Crippen LogP) is 4.62. The van der Waals surface area contributed by atoms with Crippen LogP contribution in [0.1, 0.15) is 36.4 Å². The first-order valence-corrected chi connectivity index (χ1v) is 10.8. The van der Waals surface area contributed by atoms with Gasteiger partial charge in [0.25, 0.3) is 0 Å². The lowest BCUT2D eigenvalue weighted by molar-refractivity contribution is 0.201. The van der Waals surface area contributed by atoms with Crippen molar-refractivity contribution in [3.8, 4) is 0 Å². The first-order chi connectivity index (χ1) is 15.2. The van der Waals surface area contributed by atoms with Crippen molar-refractivity contribution in [3.63, 3.8) is 0 Å². The minimum atomic E-state index is 0.834. The lowest BCUT2D eigenvalue weighted by Gasteiger charge is -2.27. The second kappa shape index (κ2) is 9.22. The summed E-state index contributed by atoms with van der Waals surface area (Å²) < 4.78 is 1.99. The summed E-state index contributed by atoms with van der Waals surface area (Å²) in [6.45, 7) is 11.9. The van der Waals surface area contributed by atoms with Crippen LogP contribution in [-0.2, 0) is 19.6 Å². The Kier molecular flexibility index (Phi) is 6.23. The summed E-state index contributed by atoms with van der Waals surface area (Å²) in [4.78, 5) is 15.6. The van der Waals surface area contributed by atoms with E-state index in [4.69, 9.17) is 0 Å². The Bertz CT molecular complexity index is 1180. The van der Waals surface area contributed by atoms with Crippen molar-refractivity contribution in [3.05, 3.63) is 71.6 Å². The molecule has 0 fully saturated rings. The maximum atomic E-state index is 4.46. The molecule has 0 saturated heterocycles. The minimum Gasteiger partial charge on any atom is -0.340 e. The number of rotatable bonds is 4. The zero-order chi connectivity index (χ0) is 21.8. The van der Waals surface area contributed by atoms with Crippen molar-refractivity contribution in [2.24, 2.45) is 0 Å². The molecule has 31 heavy (non-hydrogen) atoms. The molecule has 4 aromatic rings. The number of fused-ring (bicyclic) bond motifs is 2. The average molecular weight is 416 g/mol. The summed E-state index contributed by atoms with van der Waals surface area (Å²) in [5, 5.41) is 8.76. The second-order valence-electron chi connectivity index (χ2n) is 7.62. The number of hydrogen-bond acceptors (Lipinski definition) is 6. The van der Waals surface area contributed by atoms with E-state index >= 15 is 0 Å². The van der Waals surface area contributed by atoms with Crippen LogP contribution in [0.5, 0.6) is 0 Å². The van der Waals surface area contributed by atoms with Gasteiger partial charge in [0.15, 0.2) is 0 Å². The molecule has 0 atom stereocenters. The highest BCUT2D eigenvalue weighted by Crippen LogP contribution is 2.26. The monoisotopic (exact) mass is 415 g/mol. The quantitative estimate of drug-likeness (QED) is 0.524. The van der Waals surface area contributed by atoms with E-state index in [1.165, 1.54) is 16.7 Å². The standard InChI is InChI=1S/C22H23N7.C2H6/c1-15-3-6-20-19(9-15)22(25-13-23-20)27-18-5-4-17(16(2)10-18)11-28-7-8-29-21(12-28)24-14-26-29;1-2/h3-6,9-10,13-14H,7-8,11-12H2,1-2H3,(H,23,25,27);1-2H3. The van der Waals surface area contributed by atoms with Gasteiger partial charge >= 0.3 is 0 Å². The van der Waals surface area contributed by atoms with Crippen LogP contribution in [-0.4, -0.2) is 36.2 Å². The van der Waals surface area contributed by atoms with Crippen molar-refractivity contribution in [2.45, 2.75) is 47.3 Å². The predicted molar refractivity (Wildman–Crippen MR) is 124 cm³/mol. The third-order valence-corrected chi connectivity index (χ3v) is 5.48. The SMILES string of the molecule is CC.Cc1ccc2ncnc(Nc3ccc(CN4CCn5ncnc5C4)c(C)c3)c2c1. The molecule has 1 N–H and O–H groups in total. The lowest BCUT2D eigenvalue weighted by atomic mass is 10.1. The molecular weight excluding hydrogens is 386 g/mol. The Morgan fingerprint density at radius 1 is 0.935 bits per heavy atom. The topological polar surface area (TPSA) is 71.8 Å². The molecular formula is C24H29N7. The molecule has 2 aromatic carbocycles. The van der Waals surface area contributed by atoms with Crippen molar-refractivity contribution in [2.75, 3.05) is 11.9 Å². The summed E-state index contributed by atoms with van der Waals surface area (Å²) in [5.41, 5.74) is 5.76. The van der Waals surface area contributed by atoms with Crippen LogP contribution in [0.2, 0.25) is 0 Å². The number of anilines is 2. The van der Waals surface area contributed by atoms with Crippen molar-refractivity contribution < 1.29 is 0 Å². The van der Waals surface area contributed by atoms with Crippen LogP contribution in [0.3, 0.4) is 0 Å². The Hall–Kier alpha value is -3.32. The van der Waals surface area contributed by atoms with Gasteiger partial charge in [0.05, 0.1) is 18.6 Å². The maximum absolute atomic E-state index is 4.46. The largest absolute Gasteiger partial charge is 0.340 e. The number of nitrogens with zero attached hydrogens (tertiary/aromatic N) is 6. The van der Waals surface area contributed by atoms with E-state index in [2.05, 4.69) is 74.4 Å². The Morgan fingerprint density at radius 2 is 1.81 bits per heavy atom. The molecule has 0 spiro atoms. The first kappa shape index (κ1) is 20.9. The van der Waals surface area contributed by atoms with E-state index in [0.29, 0.717) is 0 Å². The van der Waals surface area contributed by atoms with E-state index in [-0.39, 0.29) is 0 Å². The van der Waals surface area contributed by atoms with Crippen LogP contribution < -0.4 is 5.32 Å². The highest BCUT2D eigenvalue weighted by molar-refractivity contribution is 5.91. The summed E-state index contributed by atoms with van der Waals surface area (Å²) in [5.74, 6) is 1.87. The third-order valence-electron chi connectivity index (χ3n) is 5.48. The van der Waals surface area contributed by atoms with Crippen LogP contribution >= 0.6 is 0 Å². The number of nitrogens with one attached hydrogen (secondary N) is 1. The molecule has 0 bridgehead atoms. The normalized spacial score (nSPS) is 13.4. The van der Waals surface area contributed by atoms with Crippen LogP contribution in [0.4, 0.5) is 11.5 Å². The lowest BCUT2D eigenvalue weighted by Crippen LogP contribution is -2.34. The smallest absolute Gasteiger partial charge is 0.141 e. The minimum absolute atomic E-state index is 0.834. The first-order valence-electron chi connectivity index (χ1n) is 10.8. The molecule has 5 rings (SSSR count). The van der Waals surface area contributed by atoms with E-state index in [1.54, 1.807) is 12.7 Å². The fraction of sp³-hybridized carbons (Fsp3) is 0.333. The maximum Gasteiger partial charge on any atom is 0.141 e. The summed E-state index contributed by atoms with van der Waals surface area (Å²) in [6.07, 6.45) is 3.25. The molecule has 3 heterocycles. The number of aromatic nitrogens is 5. The summed E-state index contributed by atoms with van der Waals surface area (Å²) in [6, 6.07) is 12.7. The van der Waals surface area contributed by atoms with Gasteiger partial charge in [-0.3, -0.25) is 4.90 Å². The highest BCUT2D eigenvalue weighted by Gasteiger charge is 2.18. The van der Waals surface area contributed by atoms with Gasteiger partial charge in [-0.15, -0.1) is 0 Å². The summed E-state index contributed by atoms with van der Waals surface area (Å²) >= 11 is 0. The zero-order valence-electron chi connectivity index (χ0n) is 18.6. The molecule has 1 aliphatic rings. The van der Waals surface area contributed by atoms with Gasteiger partial charge in [-0.25, -0.2) is 19.6 Å².